The molecule has 0 aromatic heterocycles. The molecule has 18 heavy (non-hydrogen) atoms. The van der Waals surface area contributed by atoms with E-state index in [4.69, 9.17) is 11.6 Å². The number of benzene rings is 1. The second kappa shape index (κ2) is 5.91. The third-order valence-electron chi connectivity index (χ3n) is 1.69. The average molecular weight is 305 g/mol. The number of hydrogen-bond acceptors (Lipinski definition) is 7. The second-order valence-electron chi connectivity index (χ2n) is 2.74. The molecule has 0 spiro atoms. The predicted molar refractivity (Wildman–Crippen MR) is 52.7 cm³/mol. The van der Waals surface area contributed by atoms with Gasteiger partial charge in [0, 0.05) is 0 Å². The fourth-order valence-electron chi connectivity index (χ4n) is 1.02. The van der Waals surface area contributed by atoms with Gasteiger partial charge in [0.05, 0.1) is 15.9 Å². The minimum absolute atomic E-state index is 0. The van der Waals surface area contributed by atoms with Crippen LogP contribution in [0.3, 0.4) is 0 Å². The van der Waals surface area contributed by atoms with Gasteiger partial charge in [-0.1, -0.05) is 11.6 Å². The molecule has 0 saturated carbocycles. The van der Waals surface area contributed by atoms with Gasteiger partial charge in [0.25, 0.3) is 11.4 Å². The van der Waals surface area contributed by atoms with Gasteiger partial charge < -0.3 is 4.55 Å². The maximum absolute atomic E-state index is 10.7. The molecule has 0 saturated heterocycles. The van der Waals surface area contributed by atoms with Crippen molar-refractivity contribution < 1.29 is 52.4 Å². The summed E-state index contributed by atoms with van der Waals surface area (Å²) in [5, 5.41) is 20.2. The molecule has 0 radical (unpaired) electrons. The smallest absolute Gasteiger partial charge is 0.744 e. The number of hydrogen-bond donors (Lipinski definition) is 0. The third kappa shape index (κ3) is 3.60. The van der Waals surface area contributed by atoms with Crippen molar-refractivity contribution in [2.75, 3.05) is 0 Å². The molecule has 12 heteroatoms. The minimum atomic E-state index is -5.14. The molecular weight excluding hydrogens is 303 g/mol. The molecule has 0 bridgehead atoms. The first-order valence-electron chi connectivity index (χ1n) is 3.73. The standard InChI is InChI=1S/C6H3ClN2O7S.Na/c7-3-1-6(17(14,15)16)5(9(12)13)2-4(3)8(10)11;/h1-2H,(H,14,15,16);/q;+1/p-1. The molecule has 1 aromatic carbocycles. The molecule has 0 heterocycles. The van der Waals surface area contributed by atoms with Crippen molar-refractivity contribution in [3.05, 3.63) is 37.4 Å². The summed E-state index contributed by atoms with van der Waals surface area (Å²) in [5.41, 5.74) is -2.04. The van der Waals surface area contributed by atoms with Gasteiger partial charge in [-0.05, 0) is 6.07 Å². The Labute approximate surface area is 127 Å². The fraction of sp³-hybridized carbons (Fsp3) is 0. The summed E-state index contributed by atoms with van der Waals surface area (Å²) in [6, 6.07) is 0.716. The summed E-state index contributed by atoms with van der Waals surface area (Å²) in [6.45, 7) is 0. The van der Waals surface area contributed by atoms with Crippen LogP contribution in [0.4, 0.5) is 11.4 Å². The van der Waals surface area contributed by atoms with E-state index in [9.17, 15) is 33.2 Å². The Morgan fingerprint density at radius 2 is 1.50 bits per heavy atom. The molecule has 0 unspecified atom stereocenters. The van der Waals surface area contributed by atoms with Crippen molar-refractivity contribution >= 4 is 33.1 Å². The van der Waals surface area contributed by atoms with E-state index in [1.165, 1.54) is 0 Å². The number of nitro groups is 2. The number of nitro benzene ring substituents is 2. The Morgan fingerprint density at radius 1 is 1.06 bits per heavy atom. The molecule has 9 nitrogen and oxygen atoms in total. The van der Waals surface area contributed by atoms with Gasteiger partial charge in [-0.15, -0.1) is 0 Å². The zero-order chi connectivity index (χ0) is 13.4. The Balaban J connectivity index is 0.00000289. The van der Waals surface area contributed by atoms with E-state index in [2.05, 4.69) is 0 Å². The van der Waals surface area contributed by atoms with Crippen LogP contribution in [0.25, 0.3) is 0 Å². The zero-order valence-corrected chi connectivity index (χ0v) is 12.3. The number of nitrogens with zero attached hydrogens (tertiary/aromatic N) is 2. The van der Waals surface area contributed by atoms with Crippen LogP contribution in [-0.2, 0) is 10.1 Å². The quantitative estimate of drug-likeness (QED) is 0.273. The summed E-state index contributed by atoms with van der Waals surface area (Å²) in [6.07, 6.45) is 0. The third-order valence-corrected chi connectivity index (χ3v) is 2.86. The number of halogens is 1. The van der Waals surface area contributed by atoms with Gasteiger partial charge in [-0.2, -0.15) is 0 Å². The van der Waals surface area contributed by atoms with Gasteiger partial charge in [0.1, 0.15) is 20.0 Å². The maximum Gasteiger partial charge on any atom is 1.00 e. The molecule has 0 N–H and O–H groups in total. The van der Waals surface area contributed by atoms with Crippen LogP contribution >= 0.6 is 11.6 Å². The number of rotatable bonds is 3. The average Bonchev–Trinajstić information content (AvgIpc) is 2.14. The van der Waals surface area contributed by atoms with Crippen LogP contribution in [0.2, 0.25) is 5.02 Å². The Morgan fingerprint density at radius 3 is 1.83 bits per heavy atom. The monoisotopic (exact) mass is 304 g/mol. The van der Waals surface area contributed by atoms with E-state index in [1.54, 1.807) is 0 Å². The Kier molecular flexibility index (Phi) is 5.65. The Hall–Kier alpha value is -0.780. The van der Waals surface area contributed by atoms with E-state index in [1.807, 2.05) is 0 Å². The molecule has 0 aliphatic carbocycles. The van der Waals surface area contributed by atoms with Gasteiger partial charge in [-0.25, -0.2) is 8.42 Å². The maximum atomic E-state index is 10.7. The summed E-state index contributed by atoms with van der Waals surface area (Å²) >= 11 is 5.34. The molecule has 92 valence electrons. The van der Waals surface area contributed by atoms with E-state index in [0.29, 0.717) is 12.1 Å². The first-order valence-corrected chi connectivity index (χ1v) is 5.51. The van der Waals surface area contributed by atoms with Gasteiger partial charge in [0.2, 0.25) is 0 Å². The first kappa shape index (κ1) is 17.2. The van der Waals surface area contributed by atoms with E-state index < -0.39 is 41.3 Å². The van der Waals surface area contributed by atoms with Crippen molar-refractivity contribution in [3.8, 4) is 0 Å². The topological polar surface area (TPSA) is 143 Å². The van der Waals surface area contributed by atoms with E-state index in [0.717, 1.165) is 0 Å². The van der Waals surface area contributed by atoms with Crippen LogP contribution in [-0.4, -0.2) is 22.8 Å². The van der Waals surface area contributed by atoms with Crippen molar-refractivity contribution in [1.82, 2.24) is 0 Å². The van der Waals surface area contributed by atoms with E-state index >= 15 is 0 Å². The normalized spacial score (nSPS) is 10.6. The summed E-state index contributed by atoms with van der Waals surface area (Å²) in [7, 11) is -5.14. The van der Waals surface area contributed by atoms with Crippen LogP contribution in [0.5, 0.6) is 0 Å². The van der Waals surface area contributed by atoms with Crippen LogP contribution in [0.15, 0.2) is 17.0 Å². The Bertz CT molecular complexity index is 617. The summed E-state index contributed by atoms with van der Waals surface area (Å²) < 4.78 is 32.1. The molecule has 1 aromatic rings. The van der Waals surface area contributed by atoms with Crippen molar-refractivity contribution in [3.63, 3.8) is 0 Å². The summed E-state index contributed by atoms with van der Waals surface area (Å²) in [5.74, 6) is 0. The van der Waals surface area contributed by atoms with Crippen molar-refractivity contribution in [2.24, 2.45) is 0 Å². The zero-order valence-electron chi connectivity index (χ0n) is 8.69. The van der Waals surface area contributed by atoms with Crippen LogP contribution < -0.4 is 29.6 Å². The van der Waals surface area contributed by atoms with Crippen LogP contribution in [0.1, 0.15) is 0 Å². The van der Waals surface area contributed by atoms with Gasteiger partial charge in [0.15, 0.2) is 0 Å². The molecule has 0 atom stereocenters. The van der Waals surface area contributed by atoms with Crippen molar-refractivity contribution in [1.29, 1.82) is 0 Å². The second-order valence-corrected chi connectivity index (χ2v) is 4.49. The SMILES string of the molecule is O=[N+]([O-])c1cc([N+](=O)[O-])c(S(=O)(=O)[O-])cc1Cl.[Na+]. The molecule has 0 amide bonds. The molecule has 0 aliphatic rings. The molecule has 0 fully saturated rings. The summed E-state index contributed by atoms with van der Waals surface area (Å²) in [4.78, 5) is 17.5. The predicted octanol–water partition coefficient (Wildman–Crippen LogP) is -1.94. The molecule has 1 rings (SSSR count). The largest absolute Gasteiger partial charge is 1.00 e. The van der Waals surface area contributed by atoms with E-state index in [-0.39, 0.29) is 29.6 Å². The van der Waals surface area contributed by atoms with Crippen molar-refractivity contribution in [2.45, 2.75) is 4.90 Å². The molecule has 0 aliphatic heterocycles. The van der Waals surface area contributed by atoms with Gasteiger partial charge in [-0.3, -0.25) is 20.2 Å². The first-order chi connectivity index (χ1) is 7.64. The minimum Gasteiger partial charge on any atom is -0.744 e. The fourth-order valence-corrected chi connectivity index (χ4v) is 1.96. The van der Waals surface area contributed by atoms with Crippen LogP contribution in [0, 0.1) is 20.2 Å². The molecular formula is C6H2ClN2NaO7S. The van der Waals surface area contributed by atoms with Gasteiger partial charge >= 0.3 is 29.6 Å².